The van der Waals surface area contributed by atoms with Crippen LogP contribution in [0.1, 0.15) is 29.2 Å². The van der Waals surface area contributed by atoms with Crippen LogP contribution in [-0.4, -0.2) is 46.4 Å². The van der Waals surface area contributed by atoms with Crippen LogP contribution in [0.3, 0.4) is 0 Å². The van der Waals surface area contributed by atoms with Gasteiger partial charge in [-0.3, -0.25) is 4.79 Å². The molecule has 1 aliphatic heterocycles. The molecule has 4 aromatic rings. The number of morpholine rings is 1. The van der Waals surface area contributed by atoms with E-state index in [-0.39, 0.29) is 5.56 Å². The third kappa shape index (κ3) is 4.59. The minimum atomic E-state index is -0.681. The smallest absolute Gasteiger partial charge is 0.259 e. The third-order valence-electron chi connectivity index (χ3n) is 6.34. The molecule has 0 spiro atoms. The number of halogens is 1. The van der Waals surface area contributed by atoms with Gasteiger partial charge in [-0.1, -0.05) is 23.7 Å². The second kappa shape index (κ2) is 9.62. The van der Waals surface area contributed by atoms with Gasteiger partial charge in [-0.2, -0.15) is 0 Å². The molecule has 3 heterocycles. The predicted octanol–water partition coefficient (Wildman–Crippen LogP) is 4.38. The number of ether oxygens (including phenoxy) is 1. The Labute approximate surface area is 202 Å². The topological polar surface area (TPSA) is 94.2 Å². The van der Waals surface area contributed by atoms with Gasteiger partial charge >= 0.3 is 0 Å². The summed E-state index contributed by atoms with van der Waals surface area (Å²) in [4.78, 5) is 26.1. The first-order valence-electron chi connectivity index (χ1n) is 11.5. The van der Waals surface area contributed by atoms with Crippen molar-refractivity contribution < 1.29 is 9.84 Å². The molecule has 0 amide bonds. The lowest BCUT2D eigenvalue weighted by atomic mass is 9.99. The van der Waals surface area contributed by atoms with E-state index in [4.69, 9.17) is 21.3 Å². The maximum Gasteiger partial charge on any atom is 0.259 e. The van der Waals surface area contributed by atoms with Crippen LogP contribution in [-0.2, 0) is 11.2 Å². The van der Waals surface area contributed by atoms with E-state index in [9.17, 15) is 9.90 Å². The number of aromatic nitrogens is 3. The fourth-order valence-corrected chi connectivity index (χ4v) is 4.75. The Hall–Kier alpha value is -3.13. The third-order valence-corrected chi connectivity index (χ3v) is 6.58. The van der Waals surface area contributed by atoms with Crippen molar-refractivity contribution >= 4 is 28.3 Å². The highest BCUT2D eigenvalue weighted by Gasteiger charge is 2.19. The lowest BCUT2D eigenvalue weighted by Crippen LogP contribution is -2.36. The van der Waals surface area contributed by atoms with Crippen molar-refractivity contribution in [2.24, 2.45) is 0 Å². The number of imidazole rings is 1. The van der Waals surface area contributed by atoms with Crippen molar-refractivity contribution in [3.8, 4) is 11.4 Å². The molecule has 1 atom stereocenters. The monoisotopic (exact) mass is 478 g/mol. The zero-order chi connectivity index (χ0) is 23.7. The molecule has 7 nitrogen and oxygen atoms in total. The summed E-state index contributed by atoms with van der Waals surface area (Å²) in [6.07, 6.45) is 1.93. The number of aliphatic hydroxyl groups excluding tert-OH is 1. The van der Waals surface area contributed by atoms with Crippen LogP contribution in [0.25, 0.3) is 22.4 Å². The molecule has 34 heavy (non-hydrogen) atoms. The number of nitrogens with one attached hydrogen (secondary N) is 2. The summed E-state index contributed by atoms with van der Waals surface area (Å²) < 4.78 is 5.48. The number of benzene rings is 2. The van der Waals surface area contributed by atoms with Crippen LogP contribution >= 0.6 is 11.6 Å². The number of pyridine rings is 1. The second-order valence-electron chi connectivity index (χ2n) is 8.66. The fourth-order valence-electron chi connectivity index (χ4n) is 4.55. The molecule has 0 aliphatic carbocycles. The molecule has 8 heteroatoms. The molecule has 1 saturated heterocycles. The molecule has 0 saturated carbocycles. The molecule has 176 valence electrons. The van der Waals surface area contributed by atoms with Gasteiger partial charge in [0, 0.05) is 30.0 Å². The number of aryl methyl sites for hydroxylation is 2. The molecule has 0 unspecified atom stereocenters. The van der Waals surface area contributed by atoms with Gasteiger partial charge in [0.15, 0.2) is 0 Å². The Bertz CT molecular complexity index is 1370. The Kier molecular flexibility index (Phi) is 6.41. The van der Waals surface area contributed by atoms with E-state index in [2.05, 4.69) is 27.0 Å². The maximum atomic E-state index is 12.9. The fraction of sp³-hybridized carbons (Fsp3) is 0.308. The number of nitrogens with zero attached hydrogens (tertiary/aromatic N) is 2. The van der Waals surface area contributed by atoms with Crippen LogP contribution in [0.15, 0.2) is 53.5 Å². The van der Waals surface area contributed by atoms with E-state index in [0.717, 1.165) is 59.7 Å². The molecule has 3 N–H and O–H groups in total. The lowest BCUT2D eigenvalue weighted by molar-refractivity contribution is 0.122. The number of anilines is 1. The zero-order valence-corrected chi connectivity index (χ0v) is 19.7. The number of fused-ring (bicyclic) bond motifs is 1. The molecule has 1 fully saturated rings. The van der Waals surface area contributed by atoms with E-state index < -0.39 is 6.10 Å². The standard InChI is InChI=1S/C26H27ClN4O3/c1-16-13-20(31-9-11-34-12-10-31)15-21-24(16)30-25(29-21)23-17(7-8-28-26(23)33)5-6-22(32)18-3-2-4-19(27)14-18/h2-4,7-8,13-15,22,32H,5-6,9-12H2,1H3,(H,28,33)(H,29,30)/t22-/m1/s1. The summed E-state index contributed by atoms with van der Waals surface area (Å²) in [7, 11) is 0. The summed E-state index contributed by atoms with van der Waals surface area (Å²) in [5.41, 5.74) is 5.79. The normalized spacial score (nSPS) is 15.1. The van der Waals surface area contributed by atoms with Gasteiger partial charge in [-0.25, -0.2) is 4.98 Å². The quantitative estimate of drug-likeness (QED) is 0.382. The van der Waals surface area contributed by atoms with Gasteiger partial charge in [0.25, 0.3) is 5.56 Å². The maximum absolute atomic E-state index is 12.9. The molecule has 1 aliphatic rings. The predicted molar refractivity (Wildman–Crippen MR) is 135 cm³/mol. The van der Waals surface area contributed by atoms with Crippen LogP contribution < -0.4 is 10.5 Å². The molecule has 2 aromatic carbocycles. The summed E-state index contributed by atoms with van der Waals surface area (Å²) in [6.45, 7) is 5.17. The number of aromatic amines is 2. The van der Waals surface area contributed by atoms with E-state index in [1.165, 1.54) is 0 Å². The number of aliphatic hydroxyl groups is 1. The number of hydrogen-bond donors (Lipinski definition) is 3. The number of rotatable bonds is 6. The zero-order valence-electron chi connectivity index (χ0n) is 19.0. The summed E-state index contributed by atoms with van der Waals surface area (Å²) >= 11 is 6.07. The van der Waals surface area contributed by atoms with E-state index in [1.807, 2.05) is 25.1 Å². The molecular formula is C26H27ClN4O3. The Morgan fingerprint density at radius 1 is 1.21 bits per heavy atom. The first-order valence-corrected chi connectivity index (χ1v) is 11.8. The molecular weight excluding hydrogens is 452 g/mol. The van der Waals surface area contributed by atoms with Crippen LogP contribution in [0.5, 0.6) is 0 Å². The van der Waals surface area contributed by atoms with Crippen LogP contribution in [0.2, 0.25) is 5.02 Å². The number of H-pyrrole nitrogens is 2. The lowest BCUT2D eigenvalue weighted by Gasteiger charge is -2.29. The second-order valence-corrected chi connectivity index (χ2v) is 9.10. The van der Waals surface area contributed by atoms with E-state index in [0.29, 0.717) is 29.3 Å². The molecule has 5 rings (SSSR count). The van der Waals surface area contributed by atoms with Gasteiger partial charge in [-0.15, -0.1) is 0 Å². The largest absolute Gasteiger partial charge is 0.388 e. The van der Waals surface area contributed by atoms with Gasteiger partial charge in [0.05, 0.1) is 35.9 Å². The van der Waals surface area contributed by atoms with Gasteiger partial charge in [0.1, 0.15) is 5.82 Å². The summed E-state index contributed by atoms with van der Waals surface area (Å²) in [5, 5.41) is 11.2. The molecule has 0 bridgehead atoms. The van der Waals surface area contributed by atoms with E-state index >= 15 is 0 Å². The Balaban J connectivity index is 1.46. The highest BCUT2D eigenvalue weighted by molar-refractivity contribution is 6.30. The minimum Gasteiger partial charge on any atom is -0.388 e. The van der Waals surface area contributed by atoms with Crippen molar-refractivity contribution in [1.29, 1.82) is 0 Å². The average molecular weight is 479 g/mol. The Morgan fingerprint density at radius 3 is 2.82 bits per heavy atom. The van der Waals surface area contributed by atoms with Gasteiger partial charge in [0.2, 0.25) is 0 Å². The highest BCUT2D eigenvalue weighted by atomic mass is 35.5. The van der Waals surface area contributed by atoms with Crippen molar-refractivity contribution in [2.75, 3.05) is 31.2 Å². The number of hydrogen-bond acceptors (Lipinski definition) is 5. The van der Waals surface area contributed by atoms with Gasteiger partial charge < -0.3 is 24.7 Å². The van der Waals surface area contributed by atoms with Crippen LogP contribution in [0.4, 0.5) is 5.69 Å². The molecule has 2 aromatic heterocycles. The summed E-state index contributed by atoms with van der Waals surface area (Å²) in [5.74, 6) is 0.534. The summed E-state index contributed by atoms with van der Waals surface area (Å²) in [6, 6.07) is 13.3. The SMILES string of the molecule is Cc1cc(N2CCOCC2)cc2[nH]c(-c3c(CC[C@@H](O)c4cccc(Cl)c4)cc[nH]c3=O)nc12. The first-order chi connectivity index (χ1) is 16.5. The van der Waals surface area contributed by atoms with Crippen molar-refractivity contribution in [2.45, 2.75) is 25.9 Å². The van der Waals surface area contributed by atoms with Gasteiger partial charge in [-0.05, 0) is 66.8 Å². The van der Waals surface area contributed by atoms with Crippen molar-refractivity contribution in [3.05, 3.63) is 80.7 Å². The molecule has 0 radical (unpaired) electrons. The van der Waals surface area contributed by atoms with Crippen LogP contribution in [0, 0.1) is 6.92 Å². The average Bonchev–Trinajstić information content (AvgIpc) is 3.27. The minimum absolute atomic E-state index is 0.208. The highest BCUT2D eigenvalue weighted by Crippen LogP contribution is 2.29. The first kappa shape index (κ1) is 22.7. The van der Waals surface area contributed by atoms with E-state index in [1.54, 1.807) is 18.3 Å². The Morgan fingerprint density at radius 2 is 2.03 bits per heavy atom. The van der Waals surface area contributed by atoms with Crippen molar-refractivity contribution in [3.63, 3.8) is 0 Å². The van der Waals surface area contributed by atoms with Crippen molar-refractivity contribution in [1.82, 2.24) is 15.0 Å².